The minimum atomic E-state index is -5.31. The van der Waals surface area contributed by atoms with E-state index in [-0.39, 0.29) is 0 Å². The molecule has 0 fully saturated rings. The largest absolute Gasteiger partial charge is 0.744 e. The lowest BCUT2D eigenvalue weighted by molar-refractivity contribution is 0.326. The predicted molar refractivity (Wildman–Crippen MR) is 165 cm³/mol. The molecule has 0 aliphatic heterocycles. The lowest BCUT2D eigenvalue weighted by Gasteiger charge is -2.18. The molecule has 0 radical (unpaired) electrons. The number of rotatable bonds is 9. The highest BCUT2D eigenvalue weighted by molar-refractivity contribution is 7.99. The van der Waals surface area contributed by atoms with Crippen molar-refractivity contribution in [3.63, 3.8) is 0 Å². The van der Waals surface area contributed by atoms with Gasteiger partial charge in [0.05, 0.1) is 24.5 Å². The van der Waals surface area contributed by atoms with Crippen LogP contribution in [0.2, 0.25) is 0 Å². The standard InChI is InChI=1S/C34H6F18O5S3/c35-11-13(37)21(45)31(22(46)14(11)38)58-33-25(49)17(41)29(18(42)26(33)50)56-9-4-6-1-2-8(60(53,54)55)3-7(6)5-10(9)57-30-19(43)27(51)34(28(52)20(30)44)59-32-23(47)15(39)12(36)16(40)24(32)48/h1-5H,(H,53,54,55)/p-1. The minimum Gasteiger partial charge on any atom is -0.744 e. The molecule has 0 bridgehead atoms. The Labute approximate surface area is 327 Å². The van der Waals surface area contributed by atoms with Crippen LogP contribution < -0.4 is 9.47 Å². The smallest absolute Gasteiger partial charge is 0.205 e. The molecule has 6 aromatic rings. The summed E-state index contributed by atoms with van der Waals surface area (Å²) in [5.41, 5.74) is 0. The summed E-state index contributed by atoms with van der Waals surface area (Å²) in [6.07, 6.45) is 0. The van der Waals surface area contributed by atoms with Crippen LogP contribution in [0.25, 0.3) is 10.8 Å². The zero-order valence-corrected chi connectivity index (χ0v) is 29.9. The number of halogens is 18. The van der Waals surface area contributed by atoms with Crippen molar-refractivity contribution in [2.24, 2.45) is 0 Å². The molecule has 6 rings (SSSR count). The predicted octanol–water partition coefficient (Wildman–Crippen LogP) is 12.1. The van der Waals surface area contributed by atoms with Gasteiger partial charge in [-0.3, -0.25) is 0 Å². The number of hydrogen-bond acceptors (Lipinski definition) is 7. The molecule has 0 saturated carbocycles. The first kappa shape index (κ1) is 44.1. The van der Waals surface area contributed by atoms with Gasteiger partial charge in [0.2, 0.25) is 46.4 Å². The van der Waals surface area contributed by atoms with Crippen LogP contribution in [0.3, 0.4) is 0 Å². The molecule has 26 heteroatoms. The lowest BCUT2D eigenvalue weighted by atomic mass is 10.1. The van der Waals surface area contributed by atoms with Crippen molar-refractivity contribution in [1.82, 2.24) is 0 Å². The maximum atomic E-state index is 15.4. The van der Waals surface area contributed by atoms with Gasteiger partial charge in [-0.2, -0.15) is 17.6 Å². The van der Waals surface area contributed by atoms with Crippen molar-refractivity contribution in [3.05, 3.63) is 135 Å². The summed E-state index contributed by atoms with van der Waals surface area (Å²) >= 11 is -2.09. The van der Waals surface area contributed by atoms with E-state index < -0.39 is 197 Å². The monoisotopic (exact) mass is 931 g/mol. The molecule has 0 heterocycles. The van der Waals surface area contributed by atoms with Crippen LogP contribution in [0.4, 0.5) is 79.0 Å². The first-order chi connectivity index (χ1) is 27.9. The molecule has 60 heavy (non-hydrogen) atoms. The van der Waals surface area contributed by atoms with E-state index in [2.05, 4.69) is 0 Å². The third kappa shape index (κ3) is 7.37. The van der Waals surface area contributed by atoms with E-state index in [0.717, 1.165) is 6.07 Å². The van der Waals surface area contributed by atoms with E-state index in [4.69, 9.17) is 9.47 Å². The molecule has 0 unspecified atom stereocenters. The van der Waals surface area contributed by atoms with Crippen molar-refractivity contribution >= 4 is 44.4 Å². The summed E-state index contributed by atoms with van der Waals surface area (Å²) in [5, 5.41) is -0.944. The molecule has 6 aromatic carbocycles. The van der Waals surface area contributed by atoms with Crippen LogP contribution in [0.15, 0.2) is 54.8 Å². The summed E-state index contributed by atoms with van der Waals surface area (Å²) in [6.45, 7) is 0. The SMILES string of the molecule is O=S(=O)([O-])c1ccc2cc(Oc3c(F)c(F)c(Sc4c(F)c(F)c(F)c(F)c4F)c(F)c3F)c(Oc3c(F)c(F)c(Sc4c(F)c(F)c(F)c(F)c4F)c(F)c3F)cc2c1. The average molecular weight is 932 g/mol. The summed E-state index contributed by atoms with van der Waals surface area (Å²) in [7, 11) is -5.31. The van der Waals surface area contributed by atoms with Gasteiger partial charge in [0, 0.05) is 0 Å². The van der Waals surface area contributed by atoms with Gasteiger partial charge in [0.1, 0.15) is 10.1 Å². The Kier molecular flexibility index (Phi) is 11.6. The third-order valence-electron chi connectivity index (χ3n) is 7.70. The van der Waals surface area contributed by atoms with Crippen LogP contribution in [0.1, 0.15) is 0 Å². The average Bonchev–Trinajstić information content (AvgIpc) is 3.21. The molecule has 0 saturated heterocycles. The Morgan fingerprint density at radius 3 is 0.933 bits per heavy atom. The highest BCUT2D eigenvalue weighted by Crippen LogP contribution is 2.47. The van der Waals surface area contributed by atoms with Crippen molar-refractivity contribution in [2.75, 3.05) is 0 Å². The summed E-state index contributed by atoms with van der Waals surface area (Å²) < 4.78 is 305. The first-order valence-corrected chi connectivity index (χ1v) is 17.9. The molecule has 316 valence electrons. The van der Waals surface area contributed by atoms with Gasteiger partial charge in [0.25, 0.3) is 0 Å². The van der Waals surface area contributed by atoms with E-state index in [1.807, 2.05) is 0 Å². The summed E-state index contributed by atoms with van der Waals surface area (Å²) in [4.78, 5) is -9.34. The van der Waals surface area contributed by atoms with Crippen LogP contribution in [0.5, 0.6) is 23.0 Å². The van der Waals surface area contributed by atoms with Gasteiger partial charge in [0.15, 0.2) is 81.3 Å². The van der Waals surface area contributed by atoms with Crippen molar-refractivity contribution in [1.29, 1.82) is 0 Å². The molecule has 5 nitrogen and oxygen atoms in total. The summed E-state index contributed by atoms with van der Waals surface area (Å²) in [5.74, 6) is -55.4. The highest BCUT2D eigenvalue weighted by Gasteiger charge is 2.35. The highest BCUT2D eigenvalue weighted by atomic mass is 32.2. The van der Waals surface area contributed by atoms with Crippen LogP contribution in [0, 0.1) is 105 Å². The molecular formula is C34H5F18O5S3-. The second kappa shape index (κ2) is 15.9. The minimum absolute atomic E-state index is 0.376. The van der Waals surface area contributed by atoms with Crippen LogP contribution >= 0.6 is 23.5 Å². The second-order valence-corrected chi connectivity index (χ2v) is 14.7. The maximum absolute atomic E-state index is 15.4. The molecule has 0 spiro atoms. The molecule has 0 aliphatic rings. The van der Waals surface area contributed by atoms with E-state index in [0.29, 0.717) is 24.3 Å². The molecule has 0 N–H and O–H groups in total. The quantitative estimate of drug-likeness (QED) is 0.0619. The van der Waals surface area contributed by atoms with Gasteiger partial charge >= 0.3 is 0 Å². The number of benzene rings is 6. The molecule has 0 aromatic heterocycles. The Hall–Kier alpha value is -5.47. The Morgan fingerprint density at radius 2 is 0.633 bits per heavy atom. The van der Waals surface area contributed by atoms with Crippen molar-refractivity contribution < 1.29 is 101 Å². The molecule has 0 aliphatic carbocycles. The normalized spacial score (nSPS) is 11.8. The van der Waals surface area contributed by atoms with Crippen molar-refractivity contribution in [3.8, 4) is 23.0 Å². The van der Waals surface area contributed by atoms with Crippen molar-refractivity contribution in [2.45, 2.75) is 24.5 Å². The zero-order valence-electron chi connectivity index (χ0n) is 27.5. The van der Waals surface area contributed by atoms with Crippen LogP contribution in [-0.2, 0) is 10.1 Å². The van der Waals surface area contributed by atoms with E-state index >= 15 is 35.1 Å². The first-order valence-electron chi connectivity index (χ1n) is 14.9. The molecule has 0 atom stereocenters. The topological polar surface area (TPSA) is 75.7 Å². The Bertz CT molecular complexity index is 2850. The number of ether oxygens (including phenoxy) is 2. The van der Waals surface area contributed by atoms with Gasteiger partial charge in [-0.1, -0.05) is 29.6 Å². The van der Waals surface area contributed by atoms with E-state index in [9.17, 15) is 56.9 Å². The van der Waals surface area contributed by atoms with Crippen LogP contribution in [-0.4, -0.2) is 13.0 Å². The van der Waals surface area contributed by atoms with Gasteiger partial charge < -0.3 is 14.0 Å². The maximum Gasteiger partial charge on any atom is 0.205 e. The fourth-order valence-electron chi connectivity index (χ4n) is 4.86. The summed E-state index contributed by atoms with van der Waals surface area (Å²) in [6, 6.07) is 2.71. The molecule has 0 amide bonds. The fraction of sp³-hybridized carbons (Fsp3) is 0. The molecular weight excluding hydrogens is 927 g/mol. The van der Waals surface area contributed by atoms with E-state index in [1.165, 1.54) is 0 Å². The van der Waals surface area contributed by atoms with Gasteiger partial charge in [-0.15, -0.1) is 0 Å². The zero-order chi connectivity index (χ0) is 44.6. The number of fused-ring (bicyclic) bond motifs is 1. The lowest BCUT2D eigenvalue weighted by Crippen LogP contribution is -2.07. The van der Waals surface area contributed by atoms with E-state index in [1.54, 1.807) is 0 Å². The second-order valence-electron chi connectivity index (χ2n) is 11.3. The number of hydrogen-bond donors (Lipinski definition) is 0. The third-order valence-corrected chi connectivity index (χ3v) is 10.8. The van der Waals surface area contributed by atoms with Gasteiger partial charge in [-0.05, 0) is 35.0 Å². The fourth-order valence-corrected chi connectivity index (χ4v) is 7.21. The van der Waals surface area contributed by atoms with Gasteiger partial charge in [-0.25, -0.2) is 69.9 Å². The Morgan fingerprint density at radius 1 is 0.367 bits per heavy atom. The Balaban J connectivity index is 1.49.